The fourth-order valence-corrected chi connectivity index (χ4v) is 0.637. The lowest BCUT2D eigenvalue weighted by Gasteiger charge is -2.15. The Morgan fingerprint density at radius 2 is 2.18 bits per heavy atom. The minimum Gasteiger partial charge on any atom is -0.316 e. The van der Waals surface area contributed by atoms with Crippen LogP contribution in [0.25, 0.3) is 0 Å². The topological polar surface area (TPSA) is 9.23 Å². The van der Waals surface area contributed by atoms with Gasteiger partial charge in [-0.2, -0.15) is 20.5 Å². The molecule has 1 atom stereocenters. The van der Waals surface area contributed by atoms with E-state index < -0.39 is 11.7 Å². The van der Waals surface area contributed by atoms with Crippen LogP contribution in [0.4, 0.5) is 13.2 Å². The minimum absolute atomic E-state index is 0.207. The van der Waals surface area contributed by atoms with Crippen molar-refractivity contribution in [3.63, 3.8) is 0 Å². The summed E-state index contributed by atoms with van der Waals surface area (Å²) < 4.78 is 39.9. The molecule has 0 spiro atoms. The molecule has 6 heteroatoms. The minimum atomic E-state index is -3.86. The van der Waals surface area contributed by atoms with E-state index >= 15 is 0 Å². The summed E-state index contributed by atoms with van der Waals surface area (Å²) in [5, 5.41) is 0. The van der Waals surface area contributed by atoms with Gasteiger partial charge < -0.3 is 4.74 Å². The maximum atomic E-state index is 12.1. The molecule has 0 fully saturated rings. The molecule has 0 aromatic carbocycles. The van der Waals surface area contributed by atoms with Gasteiger partial charge in [0.1, 0.15) is 0 Å². The Morgan fingerprint density at radius 3 is 2.55 bits per heavy atom. The van der Waals surface area contributed by atoms with Crippen molar-refractivity contribution >= 4 is 23.4 Å². The number of alkyl halides is 4. The molecule has 0 aromatic rings. The summed E-state index contributed by atoms with van der Waals surface area (Å²) in [6, 6.07) is 0. The molecule has 0 aliphatic heterocycles. The summed E-state index contributed by atoms with van der Waals surface area (Å²) >= 11 is 5.83. The third kappa shape index (κ3) is 4.76. The summed E-state index contributed by atoms with van der Waals surface area (Å²) in [5.74, 6) is 0.388. The van der Waals surface area contributed by atoms with Crippen LogP contribution in [0.1, 0.15) is 0 Å². The summed E-state index contributed by atoms with van der Waals surface area (Å²) in [4.78, 5) is 0. The lowest BCUT2D eigenvalue weighted by Crippen LogP contribution is -2.30. The Morgan fingerprint density at radius 1 is 1.64 bits per heavy atom. The number of hydrogen-bond donors (Lipinski definition) is 0. The molecule has 1 unspecified atom stereocenters. The largest absolute Gasteiger partial charge is 0.400 e. The van der Waals surface area contributed by atoms with Crippen molar-refractivity contribution in [3.8, 4) is 0 Å². The zero-order chi connectivity index (χ0) is 8.91. The van der Waals surface area contributed by atoms with Crippen LogP contribution in [0.15, 0.2) is 0 Å². The van der Waals surface area contributed by atoms with Crippen LogP contribution in [-0.4, -0.2) is 30.4 Å². The van der Waals surface area contributed by atoms with Crippen LogP contribution in [0.5, 0.6) is 0 Å². The van der Waals surface area contributed by atoms with Gasteiger partial charge in [0.25, 0.3) is 5.63 Å². The van der Waals surface area contributed by atoms with Crippen molar-refractivity contribution in [1.82, 2.24) is 0 Å². The summed E-state index contributed by atoms with van der Waals surface area (Å²) in [5.41, 5.74) is -2.77. The van der Waals surface area contributed by atoms with Crippen LogP contribution in [0, 0.1) is 0 Å². The Hall–Kier alpha value is 0.390. The maximum absolute atomic E-state index is 12.1. The van der Waals surface area contributed by atoms with Crippen LogP contribution >= 0.6 is 23.4 Å². The first-order valence-corrected chi connectivity index (χ1v) is 4.62. The molecule has 0 N–H and O–H groups in total. The van der Waals surface area contributed by atoms with Crippen molar-refractivity contribution < 1.29 is 17.9 Å². The van der Waals surface area contributed by atoms with E-state index in [2.05, 4.69) is 16.3 Å². The first kappa shape index (κ1) is 11.4. The highest BCUT2D eigenvalue weighted by Crippen LogP contribution is 2.25. The van der Waals surface area contributed by atoms with Gasteiger partial charge in [0.05, 0.1) is 6.61 Å². The normalized spacial score (nSPS) is 15.0. The van der Waals surface area contributed by atoms with E-state index in [9.17, 15) is 13.2 Å². The quantitative estimate of drug-likeness (QED) is 0.507. The number of rotatable bonds is 5. The molecule has 0 bridgehead atoms. The van der Waals surface area contributed by atoms with E-state index in [1.54, 1.807) is 6.26 Å². The van der Waals surface area contributed by atoms with Gasteiger partial charge in [-0.05, 0) is 6.26 Å². The average molecular weight is 209 g/mol. The zero-order valence-electron chi connectivity index (χ0n) is 5.82. The Bertz CT molecular complexity index is 112. The molecule has 0 aliphatic rings. The van der Waals surface area contributed by atoms with Crippen LogP contribution in [0.2, 0.25) is 0 Å². The van der Waals surface area contributed by atoms with Gasteiger partial charge in [0.15, 0.2) is 0 Å². The molecular weight excluding hydrogens is 201 g/mol. The highest BCUT2D eigenvalue weighted by molar-refractivity contribution is 7.98. The highest BCUT2D eigenvalue weighted by atomic mass is 35.5. The number of thioether (sulfide) groups is 1. The molecule has 68 valence electrons. The second-order valence-electron chi connectivity index (χ2n) is 1.70. The van der Waals surface area contributed by atoms with Crippen LogP contribution < -0.4 is 0 Å². The summed E-state index contributed by atoms with van der Waals surface area (Å²) in [6.45, 7) is -0.207. The maximum Gasteiger partial charge on any atom is 0.400 e. The molecule has 0 saturated carbocycles. The van der Waals surface area contributed by atoms with E-state index in [1.165, 1.54) is 11.8 Å². The first-order chi connectivity index (χ1) is 5.00. The van der Waals surface area contributed by atoms with Crippen molar-refractivity contribution in [3.05, 3.63) is 0 Å². The molecular formula is C5H8ClF3OS. The monoisotopic (exact) mass is 208 g/mol. The number of halogens is 4. The smallest absolute Gasteiger partial charge is 0.316 e. The summed E-state index contributed by atoms with van der Waals surface area (Å²) in [7, 11) is 0. The first-order valence-electron chi connectivity index (χ1n) is 2.79. The number of ether oxygens (including phenoxy) is 1. The second kappa shape index (κ2) is 5.11. The van der Waals surface area contributed by atoms with Crippen LogP contribution in [-0.2, 0) is 4.74 Å². The van der Waals surface area contributed by atoms with Crippen LogP contribution in [0.3, 0.4) is 0 Å². The van der Waals surface area contributed by atoms with E-state index in [-0.39, 0.29) is 6.61 Å². The van der Waals surface area contributed by atoms with Gasteiger partial charge in [-0.25, -0.2) is 4.39 Å². The Balaban J connectivity index is 3.55. The van der Waals surface area contributed by atoms with Crippen molar-refractivity contribution in [2.45, 2.75) is 11.7 Å². The standard InChI is InChI=1S/C5H8ClF3OS/c1-11-3-2-10-5(8,9)4(6)7/h4H,2-3H2,1H3. The van der Waals surface area contributed by atoms with Gasteiger partial charge in [-0.15, -0.1) is 0 Å². The SMILES string of the molecule is CSCCOC(F)(F)C(F)Cl. The van der Waals surface area contributed by atoms with Gasteiger partial charge in [0.2, 0.25) is 0 Å². The van der Waals surface area contributed by atoms with Gasteiger partial charge in [-0.3, -0.25) is 0 Å². The number of hydrogen-bond acceptors (Lipinski definition) is 2. The van der Waals surface area contributed by atoms with E-state index in [1.807, 2.05) is 0 Å². The lowest BCUT2D eigenvalue weighted by atomic mass is 10.7. The average Bonchev–Trinajstić information content (AvgIpc) is 1.88. The molecule has 1 nitrogen and oxygen atoms in total. The summed E-state index contributed by atoms with van der Waals surface area (Å²) in [6.07, 6.45) is -2.13. The highest BCUT2D eigenvalue weighted by Gasteiger charge is 2.40. The van der Waals surface area contributed by atoms with E-state index in [0.717, 1.165) is 0 Å². The fourth-order valence-electron chi connectivity index (χ4n) is 0.324. The predicted octanol–water partition coefficient (Wildman–Crippen LogP) is 2.49. The Kier molecular flexibility index (Phi) is 5.29. The second-order valence-corrected chi connectivity index (χ2v) is 3.07. The Labute approximate surface area is 72.2 Å². The zero-order valence-corrected chi connectivity index (χ0v) is 7.39. The molecule has 0 saturated heterocycles. The van der Waals surface area contributed by atoms with Gasteiger partial charge in [-0.1, -0.05) is 11.6 Å². The van der Waals surface area contributed by atoms with E-state index in [4.69, 9.17) is 0 Å². The van der Waals surface area contributed by atoms with Crippen molar-refractivity contribution in [1.29, 1.82) is 0 Å². The third-order valence-electron chi connectivity index (χ3n) is 0.836. The van der Waals surface area contributed by atoms with Gasteiger partial charge in [0, 0.05) is 5.75 Å². The lowest BCUT2D eigenvalue weighted by molar-refractivity contribution is -0.253. The molecule has 0 rings (SSSR count). The third-order valence-corrected chi connectivity index (χ3v) is 1.66. The fraction of sp³-hybridized carbons (Fsp3) is 1.00. The molecule has 0 aliphatic carbocycles. The van der Waals surface area contributed by atoms with Crippen molar-refractivity contribution in [2.24, 2.45) is 0 Å². The molecule has 0 heterocycles. The van der Waals surface area contributed by atoms with E-state index in [0.29, 0.717) is 5.75 Å². The van der Waals surface area contributed by atoms with Gasteiger partial charge >= 0.3 is 6.11 Å². The molecule has 11 heavy (non-hydrogen) atoms. The molecule has 0 aromatic heterocycles. The molecule has 0 radical (unpaired) electrons. The van der Waals surface area contributed by atoms with Crippen molar-refractivity contribution in [2.75, 3.05) is 18.6 Å². The molecule has 0 amide bonds. The predicted molar refractivity (Wildman–Crippen MR) is 40.0 cm³/mol.